The SMILES string of the molecule is CCCC(CCN)CCc1nc2ccc(F)cc2n1CC. The summed E-state index contributed by atoms with van der Waals surface area (Å²) in [5.74, 6) is 1.54. The predicted molar refractivity (Wildman–Crippen MR) is 85.8 cm³/mol. The second-order valence-electron chi connectivity index (χ2n) is 5.68. The van der Waals surface area contributed by atoms with Crippen molar-refractivity contribution in [3.8, 4) is 0 Å². The highest BCUT2D eigenvalue weighted by atomic mass is 19.1. The molecular weight excluding hydrogens is 265 g/mol. The molecular formula is C17H26FN3. The molecule has 0 radical (unpaired) electrons. The first-order chi connectivity index (χ1) is 10.2. The van der Waals surface area contributed by atoms with Crippen LogP contribution in [-0.4, -0.2) is 16.1 Å². The molecule has 0 amide bonds. The Kier molecular flexibility index (Phi) is 5.74. The van der Waals surface area contributed by atoms with E-state index in [1.807, 2.05) is 0 Å². The molecule has 0 aliphatic heterocycles. The fourth-order valence-corrected chi connectivity index (χ4v) is 3.10. The number of nitrogens with two attached hydrogens (primary N) is 1. The molecule has 116 valence electrons. The lowest BCUT2D eigenvalue weighted by molar-refractivity contribution is 0.415. The van der Waals surface area contributed by atoms with Crippen LogP contribution >= 0.6 is 0 Å². The molecule has 0 bridgehead atoms. The highest BCUT2D eigenvalue weighted by Gasteiger charge is 2.13. The number of aromatic nitrogens is 2. The molecule has 1 aromatic heterocycles. The Labute approximate surface area is 126 Å². The van der Waals surface area contributed by atoms with Crippen LogP contribution in [0.1, 0.15) is 45.4 Å². The van der Waals surface area contributed by atoms with Crippen molar-refractivity contribution < 1.29 is 4.39 Å². The van der Waals surface area contributed by atoms with Gasteiger partial charge in [0.2, 0.25) is 0 Å². The summed E-state index contributed by atoms with van der Waals surface area (Å²) in [5.41, 5.74) is 7.49. The van der Waals surface area contributed by atoms with E-state index in [-0.39, 0.29) is 5.82 Å². The Morgan fingerprint density at radius 1 is 1.24 bits per heavy atom. The Balaban J connectivity index is 2.17. The second-order valence-corrected chi connectivity index (χ2v) is 5.68. The highest BCUT2D eigenvalue weighted by molar-refractivity contribution is 5.76. The number of benzene rings is 1. The van der Waals surface area contributed by atoms with Crippen LogP contribution in [0.2, 0.25) is 0 Å². The number of hydrogen-bond acceptors (Lipinski definition) is 2. The van der Waals surface area contributed by atoms with Crippen molar-refractivity contribution in [3.63, 3.8) is 0 Å². The lowest BCUT2D eigenvalue weighted by Gasteiger charge is -2.15. The third-order valence-electron chi connectivity index (χ3n) is 4.15. The summed E-state index contributed by atoms with van der Waals surface area (Å²) in [6, 6.07) is 4.83. The molecule has 2 rings (SSSR count). The number of aryl methyl sites for hydroxylation is 2. The number of rotatable bonds is 8. The van der Waals surface area contributed by atoms with Gasteiger partial charge in [-0.3, -0.25) is 0 Å². The number of hydrogen-bond donors (Lipinski definition) is 1. The van der Waals surface area contributed by atoms with Crippen molar-refractivity contribution in [2.75, 3.05) is 6.54 Å². The van der Waals surface area contributed by atoms with E-state index in [9.17, 15) is 4.39 Å². The molecule has 0 aliphatic carbocycles. The largest absolute Gasteiger partial charge is 0.330 e. The first kappa shape index (κ1) is 16.0. The normalized spacial score (nSPS) is 13.0. The molecule has 1 heterocycles. The van der Waals surface area contributed by atoms with E-state index in [1.54, 1.807) is 12.1 Å². The predicted octanol–water partition coefficient (Wildman–Crippen LogP) is 3.89. The van der Waals surface area contributed by atoms with Crippen LogP contribution in [0.15, 0.2) is 18.2 Å². The molecule has 21 heavy (non-hydrogen) atoms. The quantitative estimate of drug-likeness (QED) is 0.801. The topological polar surface area (TPSA) is 43.8 Å². The Hall–Kier alpha value is -1.42. The van der Waals surface area contributed by atoms with Gasteiger partial charge < -0.3 is 10.3 Å². The van der Waals surface area contributed by atoms with E-state index in [0.717, 1.165) is 49.2 Å². The van der Waals surface area contributed by atoms with Gasteiger partial charge in [-0.2, -0.15) is 0 Å². The van der Waals surface area contributed by atoms with Gasteiger partial charge in [-0.15, -0.1) is 0 Å². The first-order valence-electron chi connectivity index (χ1n) is 8.04. The first-order valence-corrected chi connectivity index (χ1v) is 8.04. The standard InChI is InChI=1S/C17H26FN3/c1-3-5-13(10-11-19)6-9-17-20-15-8-7-14(18)12-16(15)21(17)4-2/h7-8,12-13H,3-6,9-11,19H2,1-2H3. The zero-order chi connectivity index (χ0) is 15.2. The van der Waals surface area contributed by atoms with Crippen LogP contribution in [0.25, 0.3) is 11.0 Å². The number of halogens is 1. The van der Waals surface area contributed by atoms with Gasteiger partial charge in [-0.25, -0.2) is 9.37 Å². The average Bonchev–Trinajstić information content (AvgIpc) is 2.82. The van der Waals surface area contributed by atoms with E-state index in [4.69, 9.17) is 5.73 Å². The molecule has 2 N–H and O–H groups in total. The molecule has 0 aliphatic rings. The zero-order valence-electron chi connectivity index (χ0n) is 13.1. The van der Waals surface area contributed by atoms with E-state index < -0.39 is 0 Å². The van der Waals surface area contributed by atoms with E-state index in [1.165, 1.54) is 18.9 Å². The van der Waals surface area contributed by atoms with Crippen molar-refractivity contribution in [2.24, 2.45) is 11.7 Å². The Morgan fingerprint density at radius 3 is 2.71 bits per heavy atom. The Bertz CT molecular complexity index is 571. The monoisotopic (exact) mass is 291 g/mol. The van der Waals surface area contributed by atoms with E-state index in [2.05, 4.69) is 23.4 Å². The highest BCUT2D eigenvalue weighted by Crippen LogP contribution is 2.22. The molecule has 0 spiro atoms. The smallest absolute Gasteiger partial charge is 0.125 e. The number of imidazole rings is 1. The lowest BCUT2D eigenvalue weighted by Crippen LogP contribution is -2.11. The summed E-state index contributed by atoms with van der Waals surface area (Å²) in [7, 11) is 0. The van der Waals surface area contributed by atoms with Crippen LogP contribution in [0, 0.1) is 11.7 Å². The summed E-state index contributed by atoms with van der Waals surface area (Å²) in [4.78, 5) is 4.68. The maximum atomic E-state index is 13.4. The molecule has 1 unspecified atom stereocenters. The molecule has 3 nitrogen and oxygen atoms in total. The number of fused-ring (bicyclic) bond motifs is 1. The van der Waals surface area contributed by atoms with Crippen molar-refractivity contribution in [2.45, 2.75) is 52.5 Å². The average molecular weight is 291 g/mol. The third-order valence-corrected chi connectivity index (χ3v) is 4.15. The van der Waals surface area contributed by atoms with Gasteiger partial charge in [0.05, 0.1) is 11.0 Å². The second kappa shape index (κ2) is 7.55. The summed E-state index contributed by atoms with van der Waals surface area (Å²) in [6.45, 7) is 5.87. The van der Waals surface area contributed by atoms with Crippen molar-refractivity contribution in [1.82, 2.24) is 9.55 Å². The molecule has 4 heteroatoms. The minimum absolute atomic E-state index is 0.198. The van der Waals surface area contributed by atoms with Crippen LogP contribution in [0.3, 0.4) is 0 Å². The van der Waals surface area contributed by atoms with Crippen LogP contribution in [-0.2, 0) is 13.0 Å². The van der Waals surface area contributed by atoms with Crippen LogP contribution in [0.4, 0.5) is 4.39 Å². The van der Waals surface area contributed by atoms with Crippen LogP contribution < -0.4 is 5.73 Å². The van der Waals surface area contributed by atoms with Gasteiger partial charge in [0.15, 0.2) is 0 Å². The van der Waals surface area contributed by atoms with Gasteiger partial charge >= 0.3 is 0 Å². The Morgan fingerprint density at radius 2 is 2.05 bits per heavy atom. The van der Waals surface area contributed by atoms with Crippen molar-refractivity contribution >= 4 is 11.0 Å². The summed E-state index contributed by atoms with van der Waals surface area (Å²) < 4.78 is 15.6. The molecule has 1 aromatic carbocycles. The maximum Gasteiger partial charge on any atom is 0.125 e. The third kappa shape index (κ3) is 3.82. The summed E-state index contributed by atoms with van der Waals surface area (Å²) in [6.07, 6.45) is 5.54. The minimum Gasteiger partial charge on any atom is -0.330 e. The molecule has 2 aromatic rings. The number of nitrogens with zero attached hydrogens (tertiary/aromatic N) is 2. The van der Waals surface area contributed by atoms with Gasteiger partial charge in [0, 0.05) is 13.0 Å². The molecule has 0 fully saturated rings. The summed E-state index contributed by atoms with van der Waals surface area (Å²) >= 11 is 0. The van der Waals surface area contributed by atoms with Crippen LogP contribution in [0.5, 0.6) is 0 Å². The van der Waals surface area contributed by atoms with E-state index >= 15 is 0 Å². The van der Waals surface area contributed by atoms with Crippen molar-refractivity contribution in [1.29, 1.82) is 0 Å². The summed E-state index contributed by atoms with van der Waals surface area (Å²) in [5, 5.41) is 0. The minimum atomic E-state index is -0.198. The van der Waals surface area contributed by atoms with E-state index in [0.29, 0.717) is 5.92 Å². The molecule has 0 saturated carbocycles. The fourth-order valence-electron chi connectivity index (χ4n) is 3.10. The van der Waals surface area contributed by atoms with Gasteiger partial charge in [-0.1, -0.05) is 19.8 Å². The maximum absolute atomic E-state index is 13.4. The van der Waals surface area contributed by atoms with Crippen molar-refractivity contribution in [3.05, 3.63) is 29.8 Å². The zero-order valence-corrected chi connectivity index (χ0v) is 13.1. The fraction of sp³-hybridized carbons (Fsp3) is 0.588. The van der Waals surface area contributed by atoms with Gasteiger partial charge in [-0.05, 0) is 50.4 Å². The molecule has 1 atom stereocenters. The molecule has 0 saturated heterocycles. The lowest BCUT2D eigenvalue weighted by atomic mass is 9.94. The van der Waals surface area contributed by atoms with Gasteiger partial charge in [0.25, 0.3) is 0 Å². The van der Waals surface area contributed by atoms with Gasteiger partial charge in [0.1, 0.15) is 11.6 Å².